The number of nitriles is 1. The third-order valence-corrected chi connectivity index (χ3v) is 4.73. The lowest BCUT2D eigenvalue weighted by Gasteiger charge is -2.19. The lowest BCUT2D eigenvalue weighted by Crippen LogP contribution is -2.27. The highest BCUT2D eigenvalue weighted by atomic mass is 32.2. The van der Waals surface area contributed by atoms with E-state index in [0.717, 1.165) is 0 Å². The first kappa shape index (κ1) is 21.1. The highest BCUT2D eigenvalue weighted by molar-refractivity contribution is 7.91. The Labute approximate surface area is 151 Å². The van der Waals surface area contributed by atoms with Crippen LogP contribution < -0.4 is 0 Å². The normalized spacial score (nSPS) is 14.5. The molecule has 1 aromatic carbocycles. The molecule has 2 atom stereocenters. The molecule has 0 heterocycles. The van der Waals surface area contributed by atoms with Gasteiger partial charge in [0.2, 0.25) is 0 Å². The van der Waals surface area contributed by atoms with Crippen LogP contribution in [0.4, 0.5) is 4.39 Å². The average molecular weight is 366 g/mol. The summed E-state index contributed by atoms with van der Waals surface area (Å²) < 4.78 is 34.1. The third-order valence-electron chi connectivity index (χ3n) is 3.29. The van der Waals surface area contributed by atoms with E-state index in [2.05, 4.69) is 4.40 Å². The van der Waals surface area contributed by atoms with Crippen molar-refractivity contribution in [2.24, 2.45) is 10.3 Å². The van der Waals surface area contributed by atoms with E-state index in [1.165, 1.54) is 12.1 Å². The average Bonchev–Trinajstić information content (AvgIpc) is 2.54. The number of esters is 1. The lowest BCUT2D eigenvalue weighted by molar-refractivity contribution is -0.146. The Morgan fingerprint density at radius 1 is 1.40 bits per heavy atom. The summed E-state index contributed by atoms with van der Waals surface area (Å²) in [6.07, 6.45) is 0.442. The Bertz CT molecular complexity index is 648. The number of hydrogen-bond donors (Lipinski definition) is 0. The van der Waals surface area contributed by atoms with Gasteiger partial charge in [0.15, 0.2) is 0 Å². The first-order valence-electron chi connectivity index (χ1n) is 8.00. The van der Waals surface area contributed by atoms with Gasteiger partial charge in [0.1, 0.15) is 27.8 Å². The minimum Gasteiger partial charge on any atom is -0.591 e. The van der Waals surface area contributed by atoms with Crippen molar-refractivity contribution < 1.29 is 18.5 Å². The van der Waals surface area contributed by atoms with Crippen molar-refractivity contribution >= 4 is 23.0 Å². The fourth-order valence-electron chi connectivity index (χ4n) is 1.88. The first-order chi connectivity index (χ1) is 11.7. The molecule has 0 radical (unpaired) electrons. The highest BCUT2D eigenvalue weighted by Gasteiger charge is 2.28. The van der Waals surface area contributed by atoms with Crippen molar-refractivity contribution in [1.82, 2.24) is 0 Å². The molecule has 7 heteroatoms. The molecule has 0 saturated carbocycles. The summed E-state index contributed by atoms with van der Waals surface area (Å²) >= 11 is -1.51. The molecule has 0 fully saturated rings. The van der Waals surface area contributed by atoms with Crippen LogP contribution in [0.25, 0.3) is 0 Å². The van der Waals surface area contributed by atoms with Crippen LogP contribution in [0.5, 0.6) is 0 Å². The molecule has 0 aliphatic heterocycles. The second-order valence-electron chi connectivity index (χ2n) is 6.38. The molecule has 0 spiro atoms. The predicted molar refractivity (Wildman–Crippen MR) is 95.8 cm³/mol. The summed E-state index contributed by atoms with van der Waals surface area (Å²) in [4.78, 5) is 11.8. The van der Waals surface area contributed by atoms with E-state index in [-0.39, 0.29) is 25.3 Å². The summed E-state index contributed by atoms with van der Waals surface area (Å²) in [6, 6.07) is 7.58. The van der Waals surface area contributed by atoms with Gasteiger partial charge >= 0.3 is 5.97 Å². The van der Waals surface area contributed by atoms with Crippen molar-refractivity contribution in [1.29, 1.82) is 5.26 Å². The SMILES string of the molecule is CCOC(=O)C(C#N)CCC(=N[S+]([O-])C(C)(C)C)c1ccc(F)cc1. The van der Waals surface area contributed by atoms with Crippen molar-refractivity contribution in [2.75, 3.05) is 6.61 Å². The number of carbonyl (C=O) groups is 1. The molecule has 0 amide bonds. The topological polar surface area (TPSA) is 85.5 Å². The number of rotatable bonds is 7. The molecule has 25 heavy (non-hydrogen) atoms. The van der Waals surface area contributed by atoms with Gasteiger partial charge in [0.25, 0.3) is 0 Å². The van der Waals surface area contributed by atoms with Crippen molar-refractivity contribution in [3.63, 3.8) is 0 Å². The maximum atomic E-state index is 13.2. The number of halogens is 1. The Kier molecular flexibility index (Phi) is 8.07. The molecule has 5 nitrogen and oxygen atoms in total. The summed E-state index contributed by atoms with van der Waals surface area (Å²) in [6.45, 7) is 7.26. The predicted octanol–water partition coefficient (Wildman–Crippen LogP) is 3.56. The zero-order chi connectivity index (χ0) is 19.0. The van der Waals surface area contributed by atoms with Gasteiger partial charge in [0.05, 0.1) is 18.4 Å². The van der Waals surface area contributed by atoms with Gasteiger partial charge in [-0.1, -0.05) is 16.5 Å². The van der Waals surface area contributed by atoms with Crippen LogP contribution in [0.2, 0.25) is 0 Å². The van der Waals surface area contributed by atoms with Crippen LogP contribution in [0, 0.1) is 23.1 Å². The molecular weight excluding hydrogens is 343 g/mol. The molecule has 0 saturated heterocycles. The largest absolute Gasteiger partial charge is 0.591 e. The van der Waals surface area contributed by atoms with E-state index in [4.69, 9.17) is 10.00 Å². The van der Waals surface area contributed by atoms with Crippen LogP contribution in [-0.4, -0.2) is 27.6 Å². The molecule has 0 bridgehead atoms. The van der Waals surface area contributed by atoms with E-state index < -0.39 is 28.0 Å². The number of ether oxygens (including phenoxy) is 1. The van der Waals surface area contributed by atoms with Crippen LogP contribution >= 0.6 is 0 Å². The molecule has 1 aromatic rings. The summed E-state index contributed by atoms with van der Waals surface area (Å²) in [5.41, 5.74) is 1.08. The van der Waals surface area contributed by atoms with Gasteiger partial charge in [-0.15, -0.1) is 0 Å². The van der Waals surface area contributed by atoms with Crippen LogP contribution in [0.3, 0.4) is 0 Å². The first-order valence-corrected chi connectivity index (χ1v) is 9.11. The second-order valence-corrected chi connectivity index (χ2v) is 8.28. The molecule has 0 aromatic heterocycles. The summed E-state index contributed by atoms with van der Waals surface area (Å²) in [5, 5.41) is 9.15. The van der Waals surface area contributed by atoms with Crippen molar-refractivity contribution in [3.05, 3.63) is 35.6 Å². The van der Waals surface area contributed by atoms with E-state index in [0.29, 0.717) is 11.3 Å². The maximum Gasteiger partial charge on any atom is 0.323 e. The minimum atomic E-state index is -1.51. The quantitative estimate of drug-likeness (QED) is 0.419. The van der Waals surface area contributed by atoms with Crippen LogP contribution in [0.15, 0.2) is 28.7 Å². The summed E-state index contributed by atoms with van der Waals surface area (Å²) in [7, 11) is 0. The molecule has 2 unspecified atom stereocenters. The van der Waals surface area contributed by atoms with E-state index in [9.17, 15) is 13.7 Å². The van der Waals surface area contributed by atoms with Gasteiger partial charge in [-0.3, -0.25) is 4.79 Å². The van der Waals surface area contributed by atoms with Crippen molar-refractivity contribution in [3.8, 4) is 6.07 Å². The zero-order valence-electron chi connectivity index (χ0n) is 14.9. The molecule has 136 valence electrons. The Hall–Kier alpha value is -1.91. The van der Waals surface area contributed by atoms with Gasteiger partial charge in [-0.05, 0) is 52.7 Å². The number of nitrogens with zero attached hydrogens (tertiary/aromatic N) is 2. The molecule has 0 aliphatic rings. The Morgan fingerprint density at radius 3 is 2.48 bits per heavy atom. The number of hydrogen-bond acceptors (Lipinski definition) is 5. The monoisotopic (exact) mass is 366 g/mol. The fraction of sp³-hybridized carbons (Fsp3) is 0.500. The minimum absolute atomic E-state index is 0.187. The molecule has 1 rings (SSSR count). The third kappa shape index (κ3) is 6.85. The molecule has 0 N–H and O–H groups in total. The van der Waals surface area contributed by atoms with Crippen LogP contribution in [0.1, 0.15) is 46.1 Å². The molecular formula is C18H23FN2O3S. The highest BCUT2D eigenvalue weighted by Crippen LogP contribution is 2.21. The van der Waals surface area contributed by atoms with E-state index in [1.54, 1.807) is 39.8 Å². The Morgan fingerprint density at radius 2 is 2.00 bits per heavy atom. The summed E-state index contributed by atoms with van der Waals surface area (Å²) in [5.74, 6) is -1.89. The Balaban J connectivity index is 3.03. The van der Waals surface area contributed by atoms with Crippen LogP contribution in [-0.2, 0) is 20.9 Å². The number of carbonyl (C=O) groups excluding carboxylic acids is 1. The number of benzene rings is 1. The zero-order valence-corrected chi connectivity index (χ0v) is 15.7. The smallest absolute Gasteiger partial charge is 0.323 e. The van der Waals surface area contributed by atoms with Gasteiger partial charge in [-0.2, -0.15) is 5.26 Å². The fourth-order valence-corrected chi connectivity index (χ4v) is 2.55. The second kappa shape index (κ2) is 9.54. The van der Waals surface area contributed by atoms with Gasteiger partial charge < -0.3 is 9.29 Å². The van der Waals surface area contributed by atoms with Gasteiger partial charge in [0, 0.05) is 5.56 Å². The van der Waals surface area contributed by atoms with Gasteiger partial charge in [-0.25, -0.2) is 4.39 Å². The van der Waals surface area contributed by atoms with E-state index in [1.807, 2.05) is 6.07 Å². The lowest BCUT2D eigenvalue weighted by atomic mass is 9.99. The maximum absolute atomic E-state index is 13.2. The molecule has 0 aliphatic carbocycles. The standard InChI is InChI=1S/C18H23FN2O3S/c1-5-24-17(22)14(12-20)8-11-16(21-25(23)18(2,3)4)13-6-9-15(19)10-7-13/h6-7,9-10,14H,5,8,11H2,1-4H3. The van der Waals surface area contributed by atoms with E-state index >= 15 is 0 Å². The van der Waals surface area contributed by atoms with Crippen molar-refractivity contribution in [2.45, 2.75) is 45.3 Å².